The van der Waals surface area contributed by atoms with Crippen LogP contribution >= 0.6 is 0 Å². The molecule has 0 aliphatic heterocycles. The van der Waals surface area contributed by atoms with E-state index in [1.807, 2.05) is 12.4 Å². The summed E-state index contributed by atoms with van der Waals surface area (Å²) in [5, 5.41) is 9.30. The molecule has 0 atom stereocenters. The van der Waals surface area contributed by atoms with Crippen LogP contribution in [0.5, 0.6) is 0 Å². The van der Waals surface area contributed by atoms with Crippen LogP contribution in [0.25, 0.3) is 11.0 Å². The number of rotatable bonds is 3. The molecule has 118 valence electrons. The molecule has 0 amide bonds. The summed E-state index contributed by atoms with van der Waals surface area (Å²) in [5.74, 6) is 0. The van der Waals surface area contributed by atoms with Crippen molar-refractivity contribution in [3.63, 3.8) is 0 Å². The molecule has 0 saturated carbocycles. The Hall–Kier alpha value is -2.13. The van der Waals surface area contributed by atoms with Crippen LogP contribution in [0.15, 0.2) is 36.7 Å². The fraction of sp³-hybridized carbons (Fsp3) is 0.350. The Morgan fingerprint density at radius 2 is 1.87 bits per heavy atom. The highest BCUT2D eigenvalue weighted by atomic mass is 16.3. The summed E-state index contributed by atoms with van der Waals surface area (Å²) in [7, 11) is 0. The summed E-state index contributed by atoms with van der Waals surface area (Å²) in [5.41, 5.74) is 8.71. The van der Waals surface area contributed by atoms with Gasteiger partial charge in [-0.15, -0.1) is 0 Å². The lowest BCUT2D eigenvalue weighted by Crippen LogP contribution is -2.04. The number of aryl methyl sites for hydroxylation is 3. The molecule has 3 aromatic rings. The zero-order valence-corrected chi connectivity index (χ0v) is 13.5. The zero-order chi connectivity index (χ0) is 15.8. The SMILES string of the molecule is Cc1cc(Cn2cnc3cc4c(cc32)CCCC4)ccc1CO. The number of aromatic nitrogens is 2. The van der Waals surface area contributed by atoms with Gasteiger partial charge in [0, 0.05) is 6.54 Å². The molecule has 4 rings (SSSR count). The van der Waals surface area contributed by atoms with E-state index in [0.717, 1.165) is 23.2 Å². The molecular formula is C20H22N2O. The van der Waals surface area contributed by atoms with Crippen molar-refractivity contribution in [1.29, 1.82) is 0 Å². The first-order chi connectivity index (χ1) is 11.2. The van der Waals surface area contributed by atoms with Gasteiger partial charge in [0.15, 0.2) is 0 Å². The Morgan fingerprint density at radius 1 is 1.09 bits per heavy atom. The number of benzene rings is 2. The molecule has 23 heavy (non-hydrogen) atoms. The van der Waals surface area contributed by atoms with Gasteiger partial charge in [-0.2, -0.15) is 0 Å². The van der Waals surface area contributed by atoms with Crippen LogP contribution in [0.3, 0.4) is 0 Å². The highest BCUT2D eigenvalue weighted by Crippen LogP contribution is 2.26. The molecule has 0 fully saturated rings. The van der Waals surface area contributed by atoms with Crippen molar-refractivity contribution < 1.29 is 5.11 Å². The lowest BCUT2D eigenvalue weighted by atomic mass is 9.91. The first-order valence-electron chi connectivity index (χ1n) is 8.40. The Balaban J connectivity index is 1.70. The minimum atomic E-state index is 0.103. The van der Waals surface area contributed by atoms with Crippen molar-refractivity contribution in [1.82, 2.24) is 9.55 Å². The van der Waals surface area contributed by atoms with Gasteiger partial charge in [0.1, 0.15) is 0 Å². The van der Waals surface area contributed by atoms with Crippen molar-refractivity contribution in [3.8, 4) is 0 Å². The summed E-state index contributed by atoms with van der Waals surface area (Å²) in [4.78, 5) is 4.60. The third-order valence-electron chi connectivity index (χ3n) is 5.01. The highest BCUT2D eigenvalue weighted by Gasteiger charge is 2.13. The molecule has 1 aliphatic rings. The molecule has 0 bridgehead atoms. The number of aliphatic hydroxyl groups excluding tert-OH is 1. The van der Waals surface area contributed by atoms with E-state index in [9.17, 15) is 5.11 Å². The van der Waals surface area contributed by atoms with Crippen LogP contribution < -0.4 is 0 Å². The second-order valence-corrected chi connectivity index (χ2v) is 6.61. The van der Waals surface area contributed by atoms with Gasteiger partial charge in [-0.3, -0.25) is 0 Å². The topological polar surface area (TPSA) is 38.0 Å². The maximum absolute atomic E-state index is 9.30. The van der Waals surface area contributed by atoms with Gasteiger partial charge in [-0.25, -0.2) is 4.98 Å². The van der Waals surface area contributed by atoms with Crippen LogP contribution in [0.1, 0.15) is 40.7 Å². The molecule has 1 heterocycles. The smallest absolute Gasteiger partial charge is 0.0961 e. The summed E-state index contributed by atoms with van der Waals surface area (Å²) < 4.78 is 2.23. The van der Waals surface area contributed by atoms with Crippen LogP contribution in [-0.4, -0.2) is 14.7 Å². The van der Waals surface area contributed by atoms with E-state index >= 15 is 0 Å². The van der Waals surface area contributed by atoms with Crippen LogP contribution in [0.4, 0.5) is 0 Å². The molecular weight excluding hydrogens is 284 g/mol. The van der Waals surface area contributed by atoms with Gasteiger partial charge >= 0.3 is 0 Å². The van der Waals surface area contributed by atoms with Crippen LogP contribution in [0.2, 0.25) is 0 Å². The van der Waals surface area contributed by atoms with Gasteiger partial charge in [0.25, 0.3) is 0 Å². The third-order valence-corrected chi connectivity index (χ3v) is 5.01. The lowest BCUT2D eigenvalue weighted by molar-refractivity contribution is 0.281. The molecule has 1 aromatic heterocycles. The standard InChI is InChI=1S/C20H22N2O/c1-14-8-15(6-7-18(14)12-23)11-22-13-21-19-9-16-4-2-3-5-17(16)10-20(19)22/h6-10,13,23H,2-5,11-12H2,1H3. The molecule has 0 unspecified atom stereocenters. The monoisotopic (exact) mass is 306 g/mol. The Morgan fingerprint density at radius 3 is 2.61 bits per heavy atom. The molecule has 0 saturated heterocycles. The number of fused-ring (bicyclic) bond motifs is 2. The number of hydrogen-bond acceptors (Lipinski definition) is 2. The van der Waals surface area contributed by atoms with Crippen molar-refractivity contribution in [3.05, 3.63) is 64.5 Å². The molecule has 1 N–H and O–H groups in total. The summed E-state index contributed by atoms with van der Waals surface area (Å²) in [6, 6.07) is 10.9. The maximum atomic E-state index is 9.30. The van der Waals surface area contributed by atoms with Gasteiger partial charge in [-0.1, -0.05) is 18.2 Å². The summed E-state index contributed by atoms with van der Waals surface area (Å²) in [6.45, 7) is 2.98. The van der Waals surface area contributed by atoms with Gasteiger partial charge in [0.05, 0.1) is 24.0 Å². The molecule has 0 spiro atoms. The second-order valence-electron chi connectivity index (χ2n) is 6.61. The largest absolute Gasteiger partial charge is 0.392 e. The van der Waals surface area contributed by atoms with Crippen molar-refractivity contribution in [2.75, 3.05) is 0 Å². The van der Waals surface area contributed by atoms with E-state index in [2.05, 4.69) is 40.7 Å². The minimum absolute atomic E-state index is 0.103. The lowest BCUT2D eigenvalue weighted by Gasteiger charge is -2.16. The summed E-state index contributed by atoms with van der Waals surface area (Å²) in [6.07, 6.45) is 6.94. The molecule has 2 aromatic carbocycles. The van der Waals surface area contributed by atoms with E-state index in [1.165, 1.54) is 47.9 Å². The van der Waals surface area contributed by atoms with Crippen molar-refractivity contribution >= 4 is 11.0 Å². The third kappa shape index (κ3) is 2.66. The quantitative estimate of drug-likeness (QED) is 0.800. The zero-order valence-electron chi connectivity index (χ0n) is 13.5. The van der Waals surface area contributed by atoms with E-state index < -0.39 is 0 Å². The van der Waals surface area contributed by atoms with E-state index in [4.69, 9.17) is 0 Å². The predicted octanol–water partition coefficient (Wildman–Crippen LogP) is 3.76. The van der Waals surface area contributed by atoms with E-state index in [1.54, 1.807) is 0 Å². The van der Waals surface area contributed by atoms with Crippen molar-refractivity contribution in [2.24, 2.45) is 0 Å². The Labute approximate surface area is 136 Å². The average Bonchev–Trinajstić information content (AvgIpc) is 2.95. The maximum Gasteiger partial charge on any atom is 0.0961 e. The molecule has 3 nitrogen and oxygen atoms in total. The summed E-state index contributed by atoms with van der Waals surface area (Å²) >= 11 is 0. The van der Waals surface area contributed by atoms with Crippen LogP contribution in [-0.2, 0) is 26.0 Å². The van der Waals surface area contributed by atoms with Gasteiger partial charge in [0.2, 0.25) is 0 Å². The van der Waals surface area contributed by atoms with Gasteiger partial charge in [-0.05, 0) is 72.6 Å². The average molecular weight is 306 g/mol. The van der Waals surface area contributed by atoms with Crippen LogP contribution in [0, 0.1) is 6.92 Å². The number of aliphatic hydroxyl groups is 1. The van der Waals surface area contributed by atoms with E-state index in [-0.39, 0.29) is 6.61 Å². The second kappa shape index (κ2) is 5.82. The molecule has 3 heteroatoms. The first-order valence-corrected chi connectivity index (χ1v) is 8.40. The number of hydrogen-bond donors (Lipinski definition) is 1. The van der Waals surface area contributed by atoms with E-state index in [0.29, 0.717) is 0 Å². The number of imidazole rings is 1. The molecule has 1 aliphatic carbocycles. The van der Waals surface area contributed by atoms with Crippen molar-refractivity contribution in [2.45, 2.75) is 45.8 Å². The molecule has 0 radical (unpaired) electrons. The minimum Gasteiger partial charge on any atom is -0.392 e. The number of nitrogens with zero attached hydrogens (tertiary/aromatic N) is 2. The predicted molar refractivity (Wildman–Crippen MR) is 92.6 cm³/mol. The van der Waals surface area contributed by atoms with Gasteiger partial charge < -0.3 is 9.67 Å². The normalized spacial score (nSPS) is 14.2. The first kappa shape index (κ1) is 14.5. The fourth-order valence-electron chi connectivity index (χ4n) is 3.64. The highest BCUT2D eigenvalue weighted by molar-refractivity contribution is 5.77. The fourth-order valence-corrected chi connectivity index (χ4v) is 3.64. The Bertz CT molecular complexity index is 863. The Kier molecular flexibility index (Phi) is 3.66.